The van der Waals surface area contributed by atoms with Crippen molar-refractivity contribution in [1.29, 1.82) is 0 Å². The number of aromatic amines is 1. The molecule has 4 rings (SSSR count). The molecule has 0 unspecified atom stereocenters. The van der Waals surface area contributed by atoms with E-state index in [1.807, 2.05) is 24.3 Å². The third-order valence-corrected chi connectivity index (χ3v) is 4.91. The Labute approximate surface area is 162 Å². The molecule has 0 aliphatic carbocycles. The average molecular weight is 382 g/mol. The molecule has 1 aliphatic heterocycles. The van der Waals surface area contributed by atoms with Gasteiger partial charge in [-0.1, -0.05) is 23.7 Å². The summed E-state index contributed by atoms with van der Waals surface area (Å²) in [6.45, 7) is 2.53. The van der Waals surface area contributed by atoms with Crippen LogP contribution in [0.25, 0.3) is 11.3 Å². The summed E-state index contributed by atoms with van der Waals surface area (Å²) in [7, 11) is 0. The maximum atomic E-state index is 12.4. The Morgan fingerprint density at radius 3 is 2.70 bits per heavy atom. The molecule has 1 aromatic carbocycles. The lowest BCUT2D eigenvalue weighted by Crippen LogP contribution is -2.24. The van der Waals surface area contributed by atoms with Crippen molar-refractivity contribution in [3.8, 4) is 11.3 Å². The van der Waals surface area contributed by atoms with E-state index in [4.69, 9.17) is 11.6 Å². The van der Waals surface area contributed by atoms with E-state index in [1.165, 1.54) is 12.8 Å². The second-order valence-electron chi connectivity index (χ2n) is 6.57. The number of carbonyl (C=O) groups is 1. The monoisotopic (exact) mass is 381 g/mol. The number of hydrogen-bond donors (Lipinski definition) is 2. The normalized spacial score (nSPS) is 13.7. The van der Waals surface area contributed by atoms with Crippen LogP contribution in [-0.2, 0) is 6.54 Å². The topological polar surface area (TPSA) is 73.9 Å². The molecule has 2 N–H and O–H groups in total. The number of halogens is 1. The van der Waals surface area contributed by atoms with E-state index in [9.17, 15) is 4.79 Å². The van der Waals surface area contributed by atoms with Gasteiger partial charge in [0.2, 0.25) is 0 Å². The molecular formula is C20H20ClN5O. The van der Waals surface area contributed by atoms with Gasteiger partial charge in [0.25, 0.3) is 5.91 Å². The number of carbonyl (C=O) groups excluding carboxylic acids is 1. The predicted molar refractivity (Wildman–Crippen MR) is 106 cm³/mol. The molecule has 1 aliphatic rings. The number of anilines is 1. The highest BCUT2D eigenvalue weighted by molar-refractivity contribution is 6.30. The highest BCUT2D eigenvalue weighted by Crippen LogP contribution is 2.21. The number of nitrogens with zero attached hydrogens (tertiary/aromatic N) is 3. The number of benzene rings is 1. The van der Waals surface area contributed by atoms with Crippen molar-refractivity contribution in [1.82, 2.24) is 20.5 Å². The number of hydrogen-bond acceptors (Lipinski definition) is 4. The Morgan fingerprint density at radius 1 is 1.15 bits per heavy atom. The maximum absolute atomic E-state index is 12.4. The second-order valence-corrected chi connectivity index (χ2v) is 7.01. The van der Waals surface area contributed by atoms with Gasteiger partial charge in [0.15, 0.2) is 0 Å². The van der Waals surface area contributed by atoms with Crippen LogP contribution < -0.4 is 10.2 Å². The van der Waals surface area contributed by atoms with Crippen LogP contribution in [0.2, 0.25) is 5.02 Å². The standard InChI is InChI=1S/C20H20ClN5O/c21-16-5-3-15(4-6-16)17-12-18(25-24-17)20(27)23-13-14-7-8-22-19(11-14)26-9-1-2-10-26/h3-8,11-12H,1-2,9-10,13H2,(H,23,27)(H,24,25). The third kappa shape index (κ3) is 4.11. The molecule has 1 fully saturated rings. The molecule has 138 valence electrons. The fourth-order valence-corrected chi connectivity index (χ4v) is 3.30. The molecule has 7 heteroatoms. The van der Waals surface area contributed by atoms with E-state index in [-0.39, 0.29) is 5.91 Å². The highest BCUT2D eigenvalue weighted by atomic mass is 35.5. The Morgan fingerprint density at radius 2 is 1.93 bits per heavy atom. The molecule has 0 saturated carbocycles. The van der Waals surface area contributed by atoms with Gasteiger partial charge in [-0.25, -0.2) is 4.98 Å². The summed E-state index contributed by atoms with van der Waals surface area (Å²) >= 11 is 5.91. The van der Waals surface area contributed by atoms with Gasteiger partial charge >= 0.3 is 0 Å². The molecule has 0 bridgehead atoms. The number of amides is 1. The predicted octanol–water partition coefficient (Wildman–Crippen LogP) is 3.66. The summed E-state index contributed by atoms with van der Waals surface area (Å²) in [5.41, 5.74) is 3.06. The summed E-state index contributed by atoms with van der Waals surface area (Å²) < 4.78 is 0. The van der Waals surface area contributed by atoms with Gasteiger partial charge < -0.3 is 10.2 Å². The SMILES string of the molecule is O=C(NCc1ccnc(N2CCCC2)c1)c1cc(-c2ccc(Cl)cc2)n[nH]1. The maximum Gasteiger partial charge on any atom is 0.269 e. The molecule has 1 amide bonds. The van der Waals surface area contributed by atoms with Gasteiger partial charge in [-0.15, -0.1) is 0 Å². The van der Waals surface area contributed by atoms with E-state index in [1.54, 1.807) is 24.4 Å². The van der Waals surface area contributed by atoms with E-state index in [0.717, 1.165) is 30.0 Å². The first-order valence-corrected chi connectivity index (χ1v) is 9.36. The van der Waals surface area contributed by atoms with Crippen molar-refractivity contribution in [3.05, 3.63) is 64.9 Å². The van der Waals surface area contributed by atoms with Crippen LogP contribution in [0, 0.1) is 0 Å². The number of nitrogens with one attached hydrogen (secondary N) is 2. The Kier molecular flexibility index (Phi) is 5.07. The first kappa shape index (κ1) is 17.5. The lowest BCUT2D eigenvalue weighted by molar-refractivity contribution is 0.0946. The van der Waals surface area contributed by atoms with E-state index in [0.29, 0.717) is 23.0 Å². The molecular weight excluding hydrogens is 362 g/mol. The highest BCUT2D eigenvalue weighted by Gasteiger charge is 2.14. The average Bonchev–Trinajstić information content (AvgIpc) is 3.39. The number of rotatable bonds is 5. The molecule has 3 heterocycles. The van der Waals surface area contributed by atoms with E-state index >= 15 is 0 Å². The van der Waals surface area contributed by atoms with Crippen LogP contribution >= 0.6 is 11.6 Å². The first-order valence-electron chi connectivity index (χ1n) is 8.98. The molecule has 0 spiro atoms. The van der Waals surface area contributed by atoms with Crippen LogP contribution in [-0.4, -0.2) is 34.2 Å². The first-order chi connectivity index (χ1) is 13.2. The van der Waals surface area contributed by atoms with Crippen molar-refractivity contribution in [3.63, 3.8) is 0 Å². The second kappa shape index (κ2) is 7.80. The Bertz CT molecular complexity index is 932. The van der Waals surface area contributed by atoms with Gasteiger partial charge in [0.1, 0.15) is 11.5 Å². The van der Waals surface area contributed by atoms with Crippen LogP contribution in [0.3, 0.4) is 0 Å². The van der Waals surface area contributed by atoms with Crippen LogP contribution in [0.5, 0.6) is 0 Å². The summed E-state index contributed by atoms with van der Waals surface area (Å²) in [5, 5.41) is 10.6. The fraction of sp³-hybridized carbons (Fsp3) is 0.250. The quantitative estimate of drug-likeness (QED) is 0.707. The molecule has 27 heavy (non-hydrogen) atoms. The Hall–Kier alpha value is -2.86. The van der Waals surface area contributed by atoms with Gasteiger partial charge in [-0.3, -0.25) is 9.89 Å². The van der Waals surface area contributed by atoms with Crippen LogP contribution in [0.15, 0.2) is 48.7 Å². The molecule has 3 aromatic rings. The molecule has 6 nitrogen and oxygen atoms in total. The molecule has 2 aromatic heterocycles. The molecule has 1 saturated heterocycles. The lowest BCUT2D eigenvalue weighted by atomic mass is 10.1. The minimum atomic E-state index is -0.192. The minimum Gasteiger partial charge on any atom is -0.357 e. The zero-order chi connectivity index (χ0) is 18.6. The fourth-order valence-electron chi connectivity index (χ4n) is 3.17. The number of pyridine rings is 1. The summed E-state index contributed by atoms with van der Waals surface area (Å²) in [4.78, 5) is 19.1. The summed E-state index contributed by atoms with van der Waals surface area (Å²) in [6.07, 6.45) is 4.21. The minimum absolute atomic E-state index is 0.192. The molecule has 0 radical (unpaired) electrons. The molecule has 0 atom stereocenters. The van der Waals surface area contributed by atoms with E-state index < -0.39 is 0 Å². The zero-order valence-electron chi connectivity index (χ0n) is 14.8. The van der Waals surface area contributed by atoms with Crippen LogP contribution in [0.4, 0.5) is 5.82 Å². The van der Waals surface area contributed by atoms with Gasteiger partial charge in [0, 0.05) is 36.4 Å². The van der Waals surface area contributed by atoms with Crippen LogP contribution in [0.1, 0.15) is 28.9 Å². The van der Waals surface area contributed by atoms with Gasteiger partial charge in [-0.2, -0.15) is 5.10 Å². The third-order valence-electron chi connectivity index (χ3n) is 4.66. The summed E-state index contributed by atoms with van der Waals surface area (Å²) in [5.74, 6) is 0.785. The Balaban J connectivity index is 1.40. The van der Waals surface area contributed by atoms with Crippen molar-refractivity contribution in [2.24, 2.45) is 0 Å². The largest absolute Gasteiger partial charge is 0.357 e. The van der Waals surface area contributed by atoms with Gasteiger partial charge in [-0.05, 0) is 48.7 Å². The number of H-pyrrole nitrogens is 1. The number of aromatic nitrogens is 3. The van der Waals surface area contributed by atoms with Crippen molar-refractivity contribution in [2.75, 3.05) is 18.0 Å². The lowest BCUT2D eigenvalue weighted by Gasteiger charge is -2.16. The summed E-state index contributed by atoms with van der Waals surface area (Å²) in [6, 6.07) is 13.0. The van der Waals surface area contributed by atoms with Gasteiger partial charge in [0.05, 0.1) is 5.69 Å². The zero-order valence-corrected chi connectivity index (χ0v) is 15.5. The van der Waals surface area contributed by atoms with Crippen molar-refractivity contribution < 1.29 is 4.79 Å². The van der Waals surface area contributed by atoms with Crippen molar-refractivity contribution >= 4 is 23.3 Å². The van der Waals surface area contributed by atoms with Crippen molar-refractivity contribution in [2.45, 2.75) is 19.4 Å². The smallest absolute Gasteiger partial charge is 0.269 e. The van der Waals surface area contributed by atoms with E-state index in [2.05, 4.69) is 25.4 Å².